The molecule has 0 saturated heterocycles. The smallest absolute Gasteiger partial charge is 0.352 e. The van der Waals surface area contributed by atoms with E-state index in [1.165, 1.54) is 30.0 Å². The van der Waals surface area contributed by atoms with Gasteiger partial charge in [0, 0.05) is 42.1 Å². The van der Waals surface area contributed by atoms with Crippen LogP contribution in [-0.2, 0) is 17.5 Å². The molecule has 0 fully saturated rings. The predicted molar refractivity (Wildman–Crippen MR) is 141 cm³/mol. The Kier molecular flexibility index (Phi) is 8.97. The van der Waals surface area contributed by atoms with E-state index in [-0.39, 0.29) is 24.6 Å². The topological polar surface area (TPSA) is 103 Å². The lowest BCUT2D eigenvalue weighted by Crippen LogP contribution is -2.22. The number of hydrogen-bond acceptors (Lipinski definition) is 6. The Morgan fingerprint density at radius 3 is 2.41 bits per heavy atom. The van der Waals surface area contributed by atoms with Gasteiger partial charge in [0.1, 0.15) is 0 Å². The fourth-order valence-corrected chi connectivity index (χ4v) is 4.74. The lowest BCUT2D eigenvalue weighted by atomic mass is 10.1. The molecule has 1 heterocycles. The third-order valence-electron chi connectivity index (χ3n) is 5.76. The molecule has 0 aliphatic heterocycles. The molecule has 0 spiro atoms. The van der Waals surface area contributed by atoms with E-state index in [0.717, 1.165) is 17.8 Å². The Hall–Kier alpha value is -4.19. The number of carbonyl (C=O) groups is 1. The third-order valence-corrected chi connectivity index (χ3v) is 6.77. The molecule has 39 heavy (non-hydrogen) atoms. The number of hydrogen-bond donors (Lipinski definition) is 1. The van der Waals surface area contributed by atoms with Crippen molar-refractivity contribution < 1.29 is 22.9 Å². The minimum Gasteiger partial charge on any atom is -0.352 e. The predicted octanol–water partition coefficient (Wildman–Crippen LogP) is 6.44. The molecule has 0 atom stereocenters. The van der Waals surface area contributed by atoms with Crippen molar-refractivity contribution in [3.63, 3.8) is 0 Å². The molecule has 4 rings (SSSR count). The van der Waals surface area contributed by atoms with Gasteiger partial charge in [-0.15, -0.1) is 10.2 Å². The standard InChI is InChI=1S/C27H24F3N5O3S/c28-27(29,30)21-8-6-7-19(17-21)18-31-24(36)11-4-5-16-39-26-33-32-25(34(26)22-9-2-1-3-10-22)20-12-14-23(15-13-20)35(37)38/h1-3,6-10,12-15,17H,4-5,11,16,18H2,(H,31,36). The molecular weight excluding hydrogens is 531 g/mol. The van der Waals surface area contributed by atoms with Gasteiger partial charge in [-0.2, -0.15) is 13.2 Å². The van der Waals surface area contributed by atoms with Crippen molar-refractivity contribution >= 4 is 23.4 Å². The van der Waals surface area contributed by atoms with Gasteiger partial charge in [-0.1, -0.05) is 42.1 Å². The molecule has 0 unspecified atom stereocenters. The van der Waals surface area contributed by atoms with Gasteiger partial charge >= 0.3 is 6.18 Å². The molecule has 3 aromatic carbocycles. The highest BCUT2D eigenvalue weighted by Crippen LogP contribution is 2.30. The van der Waals surface area contributed by atoms with Crippen molar-refractivity contribution in [3.05, 3.63) is 100 Å². The maximum atomic E-state index is 12.9. The average Bonchev–Trinajstić information content (AvgIpc) is 3.36. The number of halogens is 3. The van der Waals surface area contributed by atoms with Crippen LogP contribution in [0.25, 0.3) is 17.1 Å². The zero-order valence-corrected chi connectivity index (χ0v) is 21.4. The Morgan fingerprint density at radius 2 is 1.72 bits per heavy atom. The molecule has 0 saturated carbocycles. The summed E-state index contributed by atoms with van der Waals surface area (Å²) in [5, 5.41) is 23.0. The lowest BCUT2D eigenvalue weighted by Gasteiger charge is -2.10. The number of nitro groups is 1. The van der Waals surface area contributed by atoms with Gasteiger partial charge in [-0.3, -0.25) is 19.5 Å². The summed E-state index contributed by atoms with van der Waals surface area (Å²) in [7, 11) is 0. The molecule has 1 amide bonds. The van der Waals surface area contributed by atoms with Crippen LogP contribution < -0.4 is 5.32 Å². The number of carbonyl (C=O) groups excluding carboxylic acids is 1. The zero-order chi connectivity index (χ0) is 27.8. The van der Waals surface area contributed by atoms with E-state index in [4.69, 9.17) is 0 Å². The minimum absolute atomic E-state index is 0.0158. The number of nitrogens with zero attached hydrogens (tertiary/aromatic N) is 4. The van der Waals surface area contributed by atoms with E-state index >= 15 is 0 Å². The summed E-state index contributed by atoms with van der Waals surface area (Å²) in [5.41, 5.74) is 1.15. The fraction of sp³-hybridized carbons (Fsp3) is 0.222. The highest BCUT2D eigenvalue weighted by molar-refractivity contribution is 7.99. The minimum atomic E-state index is -4.43. The number of non-ortho nitro benzene ring substituents is 1. The maximum absolute atomic E-state index is 12.9. The van der Waals surface area contributed by atoms with E-state index in [1.54, 1.807) is 18.2 Å². The Balaban J connectivity index is 1.32. The van der Waals surface area contributed by atoms with E-state index in [0.29, 0.717) is 40.7 Å². The van der Waals surface area contributed by atoms with E-state index in [2.05, 4.69) is 15.5 Å². The van der Waals surface area contributed by atoms with Crippen LogP contribution >= 0.6 is 11.8 Å². The number of rotatable bonds is 11. The van der Waals surface area contributed by atoms with Crippen molar-refractivity contribution in [1.29, 1.82) is 0 Å². The Bertz CT molecular complexity index is 1430. The van der Waals surface area contributed by atoms with Gasteiger partial charge in [-0.25, -0.2) is 0 Å². The van der Waals surface area contributed by atoms with Crippen LogP contribution in [0.5, 0.6) is 0 Å². The molecule has 202 valence electrons. The van der Waals surface area contributed by atoms with Gasteiger partial charge in [-0.05, 0) is 54.8 Å². The first kappa shape index (κ1) is 27.8. The molecule has 12 heteroatoms. The largest absolute Gasteiger partial charge is 0.416 e. The van der Waals surface area contributed by atoms with E-state index in [9.17, 15) is 28.1 Å². The highest BCUT2D eigenvalue weighted by Gasteiger charge is 2.30. The van der Waals surface area contributed by atoms with Gasteiger partial charge in [0.2, 0.25) is 5.91 Å². The first-order valence-corrected chi connectivity index (χ1v) is 13.0. The second-order valence-electron chi connectivity index (χ2n) is 8.56. The van der Waals surface area contributed by atoms with E-state index in [1.807, 2.05) is 34.9 Å². The summed E-state index contributed by atoms with van der Waals surface area (Å²) in [5.74, 6) is 0.976. The summed E-state index contributed by atoms with van der Waals surface area (Å²) >= 11 is 1.47. The van der Waals surface area contributed by atoms with Crippen molar-refractivity contribution in [3.8, 4) is 17.1 Å². The molecule has 0 radical (unpaired) electrons. The fourth-order valence-electron chi connectivity index (χ4n) is 3.79. The van der Waals surface area contributed by atoms with Gasteiger partial charge in [0.05, 0.1) is 10.5 Å². The van der Waals surface area contributed by atoms with Crippen LogP contribution in [0.15, 0.2) is 84.0 Å². The quantitative estimate of drug-likeness (QED) is 0.0989. The van der Waals surface area contributed by atoms with Crippen molar-refractivity contribution in [2.45, 2.75) is 37.1 Å². The number of alkyl halides is 3. The van der Waals surface area contributed by atoms with Crippen LogP contribution in [0, 0.1) is 10.1 Å². The highest BCUT2D eigenvalue weighted by atomic mass is 32.2. The van der Waals surface area contributed by atoms with Crippen LogP contribution in [0.3, 0.4) is 0 Å². The number of unbranched alkanes of at least 4 members (excludes halogenated alkanes) is 1. The van der Waals surface area contributed by atoms with Crippen LogP contribution in [-0.4, -0.2) is 31.3 Å². The van der Waals surface area contributed by atoms with Crippen LogP contribution in [0.4, 0.5) is 18.9 Å². The molecule has 0 bridgehead atoms. The summed E-state index contributed by atoms with van der Waals surface area (Å²) in [6.45, 7) is 0.0309. The average molecular weight is 556 g/mol. The molecule has 1 N–H and O–H groups in total. The monoisotopic (exact) mass is 555 g/mol. The summed E-state index contributed by atoms with van der Waals surface area (Å²) in [6, 6.07) is 20.5. The number of benzene rings is 3. The Morgan fingerprint density at radius 1 is 0.974 bits per heavy atom. The van der Waals surface area contributed by atoms with Crippen LogP contribution in [0.2, 0.25) is 0 Å². The number of aromatic nitrogens is 3. The van der Waals surface area contributed by atoms with Crippen molar-refractivity contribution in [1.82, 2.24) is 20.1 Å². The summed E-state index contributed by atoms with van der Waals surface area (Å²) < 4.78 is 40.5. The molecule has 1 aromatic heterocycles. The number of thioether (sulfide) groups is 1. The third kappa shape index (κ3) is 7.44. The van der Waals surface area contributed by atoms with Crippen LogP contribution in [0.1, 0.15) is 30.4 Å². The number of para-hydroxylation sites is 1. The van der Waals surface area contributed by atoms with Gasteiger partial charge in [0.15, 0.2) is 11.0 Å². The zero-order valence-electron chi connectivity index (χ0n) is 20.6. The van der Waals surface area contributed by atoms with E-state index < -0.39 is 16.7 Å². The molecular formula is C27H24F3N5O3S. The second-order valence-corrected chi connectivity index (χ2v) is 9.62. The summed E-state index contributed by atoms with van der Waals surface area (Å²) in [6.07, 6.45) is -2.88. The van der Waals surface area contributed by atoms with Gasteiger partial charge in [0.25, 0.3) is 5.69 Å². The number of nitro benzene ring substituents is 1. The number of amides is 1. The lowest BCUT2D eigenvalue weighted by molar-refractivity contribution is -0.384. The first-order chi connectivity index (χ1) is 18.7. The van der Waals surface area contributed by atoms with Gasteiger partial charge < -0.3 is 5.32 Å². The molecule has 8 nitrogen and oxygen atoms in total. The van der Waals surface area contributed by atoms with Crippen molar-refractivity contribution in [2.24, 2.45) is 0 Å². The normalized spacial score (nSPS) is 11.4. The summed E-state index contributed by atoms with van der Waals surface area (Å²) in [4.78, 5) is 22.7. The second kappa shape index (κ2) is 12.6. The first-order valence-electron chi connectivity index (χ1n) is 12.0. The number of nitrogens with one attached hydrogen (secondary N) is 1. The van der Waals surface area contributed by atoms with Crippen molar-refractivity contribution in [2.75, 3.05) is 5.75 Å². The SMILES string of the molecule is O=C(CCCCSc1nnc(-c2ccc([N+](=O)[O-])cc2)n1-c1ccccc1)NCc1cccc(C(F)(F)F)c1. The molecule has 0 aliphatic rings. The molecule has 4 aromatic rings. The molecule has 0 aliphatic carbocycles. The Labute approximate surface area is 226 Å². The maximum Gasteiger partial charge on any atom is 0.416 e.